The largest absolute Gasteiger partial charge is 0.350 e. The second-order valence-electron chi connectivity index (χ2n) is 8.09. The third kappa shape index (κ3) is 7.82. The molecule has 182 valence electrons. The van der Waals surface area contributed by atoms with Crippen LogP contribution in [0.1, 0.15) is 45.0 Å². The number of halogens is 1. The van der Waals surface area contributed by atoms with E-state index < -0.39 is 18.0 Å². The molecule has 3 atom stereocenters. The number of nitrogens with one attached hydrogen (secondary N) is 3. The summed E-state index contributed by atoms with van der Waals surface area (Å²) in [7, 11) is 0. The van der Waals surface area contributed by atoms with Crippen molar-refractivity contribution in [3.05, 3.63) is 40.4 Å². The zero-order valence-electron chi connectivity index (χ0n) is 19.6. The summed E-state index contributed by atoms with van der Waals surface area (Å²) in [6.45, 7) is 9.36. The molecule has 2 aromatic rings. The van der Waals surface area contributed by atoms with Gasteiger partial charge in [0, 0.05) is 30.5 Å². The van der Waals surface area contributed by atoms with E-state index in [-0.39, 0.29) is 36.3 Å². The van der Waals surface area contributed by atoms with Gasteiger partial charge in [0.2, 0.25) is 11.8 Å². The minimum Gasteiger partial charge on any atom is -0.350 e. The molecule has 34 heavy (non-hydrogen) atoms. The minimum absolute atomic E-state index is 0.0381. The second kappa shape index (κ2) is 13.1. The molecule has 0 saturated heterocycles. The Hall–Kier alpha value is -2.96. The van der Waals surface area contributed by atoms with Crippen molar-refractivity contribution >= 4 is 50.9 Å². The van der Waals surface area contributed by atoms with Crippen molar-refractivity contribution in [2.45, 2.75) is 58.5 Å². The fraction of sp³-hybridized carbons (Fsp3) is 0.458. The Morgan fingerprint density at radius 1 is 1.26 bits per heavy atom. The molecule has 2 rings (SSSR count). The number of nitrogens with zero attached hydrogens (tertiary/aromatic N) is 2. The smallest absolute Gasteiger partial charge is 0.261 e. The van der Waals surface area contributed by atoms with Crippen molar-refractivity contribution in [3.63, 3.8) is 0 Å². The lowest BCUT2D eigenvalue weighted by molar-refractivity contribution is -0.129. The normalized spacial score (nSPS) is 13.4. The molecule has 1 heterocycles. The molecule has 0 aliphatic rings. The highest BCUT2D eigenvalue weighted by atomic mass is 35.5. The molecule has 0 aliphatic heterocycles. The van der Waals surface area contributed by atoms with Crippen LogP contribution in [-0.4, -0.2) is 41.3 Å². The van der Waals surface area contributed by atoms with Gasteiger partial charge < -0.3 is 16.0 Å². The van der Waals surface area contributed by atoms with Crippen molar-refractivity contribution in [2.75, 3.05) is 6.54 Å². The number of aromatic nitrogens is 1. The lowest BCUT2D eigenvalue weighted by Crippen LogP contribution is -2.54. The molecule has 3 amide bonds. The first-order valence-corrected chi connectivity index (χ1v) is 12.4. The summed E-state index contributed by atoms with van der Waals surface area (Å²) < 4.78 is 0.902. The molecular weight excluding hydrogens is 474 g/mol. The van der Waals surface area contributed by atoms with Crippen LogP contribution in [0.2, 0.25) is 5.02 Å². The van der Waals surface area contributed by atoms with Gasteiger partial charge >= 0.3 is 0 Å². The molecule has 0 bridgehead atoms. The van der Waals surface area contributed by atoms with Crippen molar-refractivity contribution in [2.24, 2.45) is 5.92 Å². The fourth-order valence-corrected chi connectivity index (χ4v) is 4.52. The van der Waals surface area contributed by atoms with Gasteiger partial charge in [-0.1, -0.05) is 45.4 Å². The minimum atomic E-state index is -0.827. The monoisotopic (exact) mass is 503 g/mol. The maximum absolute atomic E-state index is 13.3. The van der Waals surface area contributed by atoms with E-state index in [0.29, 0.717) is 22.9 Å². The summed E-state index contributed by atoms with van der Waals surface area (Å²) in [6.07, 6.45) is 1.94. The van der Waals surface area contributed by atoms with E-state index in [1.54, 1.807) is 12.1 Å². The van der Waals surface area contributed by atoms with E-state index in [1.165, 1.54) is 11.3 Å². The number of rotatable bonds is 12. The molecule has 1 aromatic heterocycles. The maximum atomic E-state index is 13.3. The molecule has 10 heteroatoms. The van der Waals surface area contributed by atoms with E-state index in [2.05, 4.69) is 27.5 Å². The quantitative estimate of drug-likeness (QED) is 0.302. The Labute approximate surface area is 208 Å². The maximum Gasteiger partial charge on any atom is 0.261 e. The number of nitriles is 1. The summed E-state index contributed by atoms with van der Waals surface area (Å²) in [5.74, 6) is -1.12. The molecule has 8 nitrogen and oxygen atoms in total. The lowest BCUT2D eigenvalue weighted by atomic mass is 9.98. The molecule has 0 fully saturated rings. The van der Waals surface area contributed by atoms with Crippen LogP contribution in [0.15, 0.2) is 30.4 Å². The first kappa shape index (κ1) is 27.3. The van der Waals surface area contributed by atoms with Gasteiger partial charge in [-0.3, -0.25) is 14.4 Å². The highest BCUT2D eigenvalue weighted by Crippen LogP contribution is 2.26. The average Bonchev–Trinajstić information content (AvgIpc) is 3.21. The average molecular weight is 504 g/mol. The highest BCUT2D eigenvalue weighted by molar-refractivity contribution is 7.18. The molecular formula is C24H30ClN5O3S. The van der Waals surface area contributed by atoms with Crippen LogP contribution >= 0.6 is 22.9 Å². The number of carbonyl (C=O) groups excluding carboxylic acids is 3. The topological polar surface area (TPSA) is 124 Å². The molecule has 0 saturated carbocycles. The van der Waals surface area contributed by atoms with Crippen molar-refractivity contribution in [1.82, 2.24) is 20.9 Å². The lowest BCUT2D eigenvalue weighted by Gasteiger charge is -2.27. The van der Waals surface area contributed by atoms with E-state index in [0.717, 1.165) is 16.6 Å². The van der Waals surface area contributed by atoms with Gasteiger partial charge in [0.25, 0.3) is 5.91 Å². The Bertz CT molecular complexity index is 1090. The van der Waals surface area contributed by atoms with Gasteiger partial charge in [0.1, 0.15) is 17.7 Å². The van der Waals surface area contributed by atoms with Gasteiger partial charge in [0.05, 0.1) is 15.2 Å². The van der Waals surface area contributed by atoms with E-state index >= 15 is 0 Å². The second-order valence-corrected chi connectivity index (χ2v) is 9.65. The van der Waals surface area contributed by atoms with E-state index in [1.807, 2.05) is 32.9 Å². The molecule has 0 aliphatic carbocycles. The predicted octanol–water partition coefficient (Wildman–Crippen LogP) is 3.50. The predicted molar refractivity (Wildman–Crippen MR) is 134 cm³/mol. The van der Waals surface area contributed by atoms with Crippen LogP contribution < -0.4 is 16.0 Å². The van der Waals surface area contributed by atoms with Crippen LogP contribution in [0, 0.1) is 17.2 Å². The van der Waals surface area contributed by atoms with Crippen LogP contribution in [0.4, 0.5) is 0 Å². The molecule has 0 spiro atoms. The van der Waals surface area contributed by atoms with Gasteiger partial charge in [-0.15, -0.1) is 11.3 Å². The summed E-state index contributed by atoms with van der Waals surface area (Å²) in [6, 6.07) is 5.88. The number of fused-ring (bicyclic) bond motifs is 1. The van der Waals surface area contributed by atoms with Gasteiger partial charge in [-0.05, 0) is 30.5 Å². The first-order chi connectivity index (χ1) is 16.2. The Morgan fingerprint density at radius 2 is 2.00 bits per heavy atom. The van der Waals surface area contributed by atoms with Crippen molar-refractivity contribution in [1.29, 1.82) is 5.26 Å². The number of carbonyl (C=O) groups is 3. The molecule has 1 unspecified atom stereocenters. The Kier molecular flexibility index (Phi) is 10.5. The molecule has 0 radical (unpaired) electrons. The molecule has 3 N–H and O–H groups in total. The standard InChI is InChI=1S/C24H30ClN5O3S/c1-5-7-21(31)28-18(11-22-29-17-9-8-16(25)10-20(17)34-22)24(33)30-19(14(3)6-2)13-27-23(32)15(4)12-26/h8-10,14,18-19H,4-7,11,13H2,1-3H3,(H,27,32)(H,28,31)(H,30,33)/t14-,18-,19?/m0/s1. The van der Waals surface area contributed by atoms with Crippen LogP contribution in [0.25, 0.3) is 10.2 Å². The van der Waals surface area contributed by atoms with Crippen LogP contribution in [0.3, 0.4) is 0 Å². The zero-order chi connectivity index (χ0) is 25.3. The van der Waals surface area contributed by atoms with E-state index in [9.17, 15) is 14.4 Å². The highest BCUT2D eigenvalue weighted by Gasteiger charge is 2.27. The van der Waals surface area contributed by atoms with Crippen molar-refractivity contribution < 1.29 is 14.4 Å². The summed E-state index contributed by atoms with van der Waals surface area (Å²) in [4.78, 5) is 42.1. The van der Waals surface area contributed by atoms with Gasteiger partial charge in [0.15, 0.2) is 0 Å². The van der Waals surface area contributed by atoms with Crippen LogP contribution in [-0.2, 0) is 20.8 Å². The summed E-state index contributed by atoms with van der Waals surface area (Å²) >= 11 is 7.50. The van der Waals surface area contributed by atoms with Gasteiger partial charge in [-0.25, -0.2) is 4.98 Å². The number of thiazole rings is 1. The number of hydrogen-bond acceptors (Lipinski definition) is 6. The summed E-state index contributed by atoms with van der Waals surface area (Å²) in [5.41, 5.74) is 0.580. The van der Waals surface area contributed by atoms with Gasteiger partial charge in [-0.2, -0.15) is 5.26 Å². The number of amides is 3. The third-order valence-electron chi connectivity index (χ3n) is 5.45. The SMILES string of the molecule is C=C(C#N)C(=O)NCC(NC(=O)[C@H](Cc1nc2ccc(Cl)cc2s1)NC(=O)CCC)[C@@H](C)CC. The Morgan fingerprint density at radius 3 is 2.65 bits per heavy atom. The fourth-order valence-electron chi connectivity index (χ4n) is 3.23. The van der Waals surface area contributed by atoms with E-state index in [4.69, 9.17) is 16.9 Å². The number of hydrogen-bond donors (Lipinski definition) is 3. The Balaban J connectivity index is 2.20. The molecule has 1 aromatic carbocycles. The van der Waals surface area contributed by atoms with Crippen LogP contribution in [0.5, 0.6) is 0 Å². The number of benzene rings is 1. The first-order valence-electron chi connectivity index (χ1n) is 11.2. The van der Waals surface area contributed by atoms with Crippen molar-refractivity contribution in [3.8, 4) is 6.07 Å². The zero-order valence-corrected chi connectivity index (χ0v) is 21.2. The summed E-state index contributed by atoms with van der Waals surface area (Å²) in [5, 5.41) is 18.6. The third-order valence-corrected chi connectivity index (χ3v) is 6.73.